The van der Waals surface area contributed by atoms with E-state index in [1.165, 1.54) is 11.1 Å². The largest absolute Gasteiger partial charge is 0.391 e. The predicted octanol–water partition coefficient (Wildman–Crippen LogP) is 2.57. The van der Waals surface area contributed by atoms with E-state index in [0.717, 1.165) is 51.9 Å². The van der Waals surface area contributed by atoms with Gasteiger partial charge < -0.3 is 20.2 Å². The van der Waals surface area contributed by atoms with E-state index in [2.05, 4.69) is 41.4 Å². The Kier molecular flexibility index (Phi) is 8.77. The molecule has 34 heavy (non-hydrogen) atoms. The Balaban J connectivity index is 1.25. The monoisotopic (exact) mass is 488 g/mol. The summed E-state index contributed by atoms with van der Waals surface area (Å²) in [5, 5.41) is 13.9. The van der Waals surface area contributed by atoms with Crippen LogP contribution < -0.4 is 5.32 Å². The highest BCUT2D eigenvalue weighted by Crippen LogP contribution is 2.24. The molecule has 3 amide bonds. The zero-order valence-corrected chi connectivity index (χ0v) is 21.4. The van der Waals surface area contributed by atoms with Crippen molar-refractivity contribution in [2.75, 3.05) is 45.5 Å². The van der Waals surface area contributed by atoms with Crippen molar-refractivity contribution in [3.05, 3.63) is 35.4 Å². The number of urea groups is 1. The molecule has 0 radical (unpaired) electrons. The Morgan fingerprint density at radius 3 is 2.76 bits per heavy atom. The van der Waals surface area contributed by atoms with Gasteiger partial charge >= 0.3 is 6.03 Å². The van der Waals surface area contributed by atoms with Gasteiger partial charge in [0.2, 0.25) is 5.91 Å². The summed E-state index contributed by atoms with van der Waals surface area (Å²) in [6.07, 6.45) is 5.97. The number of carbonyl (C=O) groups is 2. The van der Waals surface area contributed by atoms with Gasteiger partial charge in [-0.3, -0.25) is 9.69 Å². The fourth-order valence-corrected chi connectivity index (χ4v) is 6.21. The minimum absolute atomic E-state index is 0.0637. The van der Waals surface area contributed by atoms with Crippen LogP contribution in [-0.2, 0) is 17.8 Å². The number of aliphatic hydroxyl groups excluding tert-OH is 1. The van der Waals surface area contributed by atoms with Crippen LogP contribution in [-0.4, -0.2) is 94.7 Å². The summed E-state index contributed by atoms with van der Waals surface area (Å²) >= 11 is 1.60. The van der Waals surface area contributed by atoms with E-state index in [9.17, 15) is 14.7 Å². The van der Waals surface area contributed by atoms with Gasteiger partial charge in [0.1, 0.15) is 0 Å². The molecule has 3 aliphatic heterocycles. The molecule has 0 aliphatic carbocycles. The van der Waals surface area contributed by atoms with Gasteiger partial charge in [-0.1, -0.05) is 31.2 Å². The summed E-state index contributed by atoms with van der Waals surface area (Å²) < 4.78 is 0. The second kappa shape index (κ2) is 11.8. The highest BCUT2D eigenvalue weighted by molar-refractivity contribution is 7.99. The summed E-state index contributed by atoms with van der Waals surface area (Å²) in [5.74, 6) is 0.760. The number of carbonyl (C=O) groups excluding carboxylic acids is 2. The number of fused-ring (bicyclic) bond motifs is 1. The molecule has 1 aromatic carbocycles. The molecular formula is C26H40N4O3S. The van der Waals surface area contributed by atoms with Gasteiger partial charge in [-0.2, -0.15) is 11.8 Å². The molecule has 3 unspecified atom stereocenters. The number of nitrogens with zero attached hydrogens (tertiary/aromatic N) is 3. The Labute approximate surface area is 208 Å². The van der Waals surface area contributed by atoms with Crippen molar-refractivity contribution in [3.63, 3.8) is 0 Å². The van der Waals surface area contributed by atoms with Crippen LogP contribution in [0.15, 0.2) is 24.3 Å². The lowest BCUT2D eigenvalue weighted by atomic mass is 9.95. The Bertz CT molecular complexity index is 853. The molecule has 0 saturated carbocycles. The molecular weight excluding hydrogens is 448 g/mol. The van der Waals surface area contributed by atoms with Crippen molar-refractivity contribution >= 4 is 23.7 Å². The Hall–Kier alpha value is -1.77. The van der Waals surface area contributed by atoms with Crippen LogP contribution in [0.4, 0.5) is 4.79 Å². The molecule has 2 N–H and O–H groups in total. The summed E-state index contributed by atoms with van der Waals surface area (Å²) in [6, 6.07) is 8.57. The second-order valence-electron chi connectivity index (χ2n) is 10.2. The molecule has 2 saturated heterocycles. The summed E-state index contributed by atoms with van der Waals surface area (Å²) in [6.45, 7) is 7.19. The molecule has 0 spiro atoms. The maximum absolute atomic E-state index is 13.0. The summed E-state index contributed by atoms with van der Waals surface area (Å²) in [7, 11) is 0. The van der Waals surface area contributed by atoms with E-state index in [0.29, 0.717) is 32.0 Å². The van der Waals surface area contributed by atoms with Gasteiger partial charge in [-0.15, -0.1) is 0 Å². The zero-order chi connectivity index (χ0) is 24.1. The van der Waals surface area contributed by atoms with Crippen LogP contribution in [0, 0.1) is 5.92 Å². The molecule has 188 valence electrons. The van der Waals surface area contributed by atoms with E-state index < -0.39 is 6.10 Å². The normalized spacial score (nSPS) is 25.6. The van der Waals surface area contributed by atoms with Crippen molar-refractivity contribution in [3.8, 4) is 0 Å². The predicted molar refractivity (Wildman–Crippen MR) is 137 cm³/mol. The molecule has 3 aliphatic rings. The smallest absolute Gasteiger partial charge is 0.317 e. The molecule has 7 nitrogen and oxygen atoms in total. The van der Waals surface area contributed by atoms with Crippen molar-refractivity contribution in [1.29, 1.82) is 0 Å². The third-order valence-electron chi connectivity index (χ3n) is 7.65. The van der Waals surface area contributed by atoms with Crippen LogP contribution >= 0.6 is 11.8 Å². The van der Waals surface area contributed by atoms with Crippen molar-refractivity contribution in [1.82, 2.24) is 20.0 Å². The number of likely N-dealkylation sites (tertiary alicyclic amines) is 2. The van der Waals surface area contributed by atoms with E-state index in [-0.39, 0.29) is 23.2 Å². The number of thioether (sulfide) groups is 1. The SMILES string of the molecule is CSC(CNC(=O)N1CCC[C@@H](N2CC(C)CCC2=O)C1)C(O)CN1CCc2ccccc2C1. The van der Waals surface area contributed by atoms with Crippen LogP contribution in [0.2, 0.25) is 0 Å². The van der Waals surface area contributed by atoms with E-state index in [1.54, 1.807) is 11.8 Å². The number of β-amino-alcohol motifs (C(OH)–C–C–N with tert-alkyl or cyclic N) is 1. The quantitative estimate of drug-likeness (QED) is 0.617. The average Bonchev–Trinajstić information content (AvgIpc) is 2.85. The highest BCUT2D eigenvalue weighted by atomic mass is 32.2. The lowest BCUT2D eigenvalue weighted by molar-refractivity contribution is -0.138. The zero-order valence-electron chi connectivity index (χ0n) is 20.6. The minimum atomic E-state index is -0.512. The number of nitrogens with one attached hydrogen (secondary N) is 1. The fraction of sp³-hybridized carbons (Fsp3) is 0.692. The maximum Gasteiger partial charge on any atom is 0.317 e. The molecule has 8 heteroatoms. The average molecular weight is 489 g/mol. The third kappa shape index (κ3) is 6.26. The first-order valence-corrected chi connectivity index (χ1v) is 14.1. The van der Waals surface area contributed by atoms with Gasteiger partial charge in [0.25, 0.3) is 0 Å². The first-order chi connectivity index (χ1) is 16.4. The van der Waals surface area contributed by atoms with Crippen LogP contribution in [0.1, 0.15) is 43.7 Å². The number of hydrogen-bond acceptors (Lipinski definition) is 5. The molecule has 0 bridgehead atoms. The van der Waals surface area contributed by atoms with Gasteiger partial charge in [0, 0.05) is 63.5 Å². The molecule has 2 fully saturated rings. The van der Waals surface area contributed by atoms with Crippen molar-refractivity contribution in [2.24, 2.45) is 5.92 Å². The number of benzene rings is 1. The van der Waals surface area contributed by atoms with E-state index >= 15 is 0 Å². The standard InChI is InChI=1S/C26H40N4O3S/c1-19-9-10-25(32)30(15-19)22-8-5-12-29(17-22)26(33)27-14-24(34-2)23(31)18-28-13-11-20-6-3-4-7-21(20)16-28/h3-4,6-7,19,22-24,31H,5,8-18H2,1-2H3,(H,27,33)/t19?,22-,23?,24?/m1/s1. The van der Waals surface area contributed by atoms with Crippen molar-refractivity contribution in [2.45, 2.75) is 63.0 Å². The number of aliphatic hydroxyl groups is 1. The van der Waals surface area contributed by atoms with Gasteiger partial charge in [-0.25, -0.2) is 4.79 Å². The van der Waals surface area contributed by atoms with Crippen molar-refractivity contribution < 1.29 is 14.7 Å². The number of amides is 3. The lowest BCUT2D eigenvalue weighted by Gasteiger charge is -2.42. The molecule has 1 aromatic rings. The first-order valence-electron chi connectivity index (χ1n) is 12.8. The lowest BCUT2D eigenvalue weighted by Crippen LogP contribution is -2.56. The second-order valence-corrected chi connectivity index (χ2v) is 11.3. The molecule has 3 heterocycles. The maximum atomic E-state index is 13.0. The van der Waals surface area contributed by atoms with Crippen LogP contribution in [0.25, 0.3) is 0 Å². The number of hydrogen-bond donors (Lipinski definition) is 2. The molecule has 4 rings (SSSR count). The van der Waals surface area contributed by atoms with Gasteiger partial charge in [0.05, 0.1) is 6.10 Å². The fourth-order valence-electron chi connectivity index (χ4n) is 5.56. The first kappa shape index (κ1) is 25.3. The number of rotatable bonds is 7. The molecule has 4 atom stereocenters. The van der Waals surface area contributed by atoms with E-state index in [4.69, 9.17) is 0 Å². The van der Waals surface area contributed by atoms with Crippen LogP contribution in [0.3, 0.4) is 0 Å². The highest BCUT2D eigenvalue weighted by Gasteiger charge is 2.34. The number of piperidine rings is 2. The Morgan fingerprint density at radius 1 is 1.18 bits per heavy atom. The topological polar surface area (TPSA) is 76.1 Å². The van der Waals surface area contributed by atoms with E-state index in [1.807, 2.05) is 16.1 Å². The Morgan fingerprint density at radius 2 is 1.97 bits per heavy atom. The van der Waals surface area contributed by atoms with Gasteiger partial charge in [-0.05, 0) is 49.0 Å². The minimum Gasteiger partial charge on any atom is -0.391 e. The summed E-state index contributed by atoms with van der Waals surface area (Å²) in [4.78, 5) is 31.6. The van der Waals surface area contributed by atoms with Crippen LogP contribution in [0.5, 0.6) is 0 Å². The third-order valence-corrected chi connectivity index (χ3v) is 8.73. The summed E-state index contributed by atoms with van der Waals surface area (Å²) in [5.41, 5.74) is 2.75. The molecule has 0 aromatic heterocycles. The van der Waals surface area contributed by atoms with Gasteiger partial charge in [0.15, 0.2) is 0 Å².